The highest BCUT2D eigenvalue weighted by atomic mass is 19.4. The van der Waals surface area contributed by atoms with E-state index in [1.807, 2.05) is 37.3 Å². The van der Waals surface area contributed by atoms with Crippen LogP contribution in [-0.4, -0.2) is 65.0 Å². The summed E-state index contributed by atoms with van der Waals surface area (Å²) in [6, 6.07) is 15.5. The Morgan fingerprint density at radius 1 is 1.07 bits per heavy atom. The topological polar surface area (TPSA) is 139 Å². The van der Waals surface area contributed by atoms with Crippen LogP contribution in [0.25, 0.3) is 10.9 Å². The molecular weight excluding hydrogens is 583 g/mol. The van der Waals surface area contributed by atoms with Crippen molar-refractivity contribution >= 4 is 34.7 Å². The zero-order chi connectivity index (χ0) is 31.9. The van der Waals surface area contributed by atoms with Crippen molar-refractivity contribution in [3.63, 3.8) is 0 Å². The van der Waals surface area contributed by atoms with Gasteiger partial charge in [0.1, 0.15) is 12.4 Å². The summed E-state index contributed by atoms with van der Waals surface area (Å²) >= 11 is 0. The van der Waals surface area contributed by atoms with Crippen LogP contribution >= 0.6 is 0 Å². The first-order chi connectivity index (χ1) is 20.9. The zero-order valence-electron chi connectivity index (χ0n) is 24.1. The molecule has 44 heavy (non-hydrogen) atoms. The Morgan fingerprint density at radius 2 is 1.80 bits per heavy atom. The molecule has 0 bridgehead atoms. The number of alkyl halides is 3. The van der Waals surface area contributed by atoms with Crippen molar-refractivity contribution in [3.8, 4) is 5.75 Å². The van der Waals surface area contributed by atoms with Crippen LogP contribution < -0.4 is 20.9 Å². The molecule has 14 heteroatoms. The van der Waals surface area contributed by atoms with E-state index in [0.717, 1.165) is 22.2 Å². The smallest absolute Gasteiger partial charge is 0.489 e. The standard InChI is InChI=1S/C30H32F3N5O6/c1-3-34-28(42)38-14-6-13-29(18-38,16-25(39)37-44-27(41)30(31,32)33)36-26(40)20-9-11-22(12-10-20)43-17-21-15-19(2)35-24-8-5-4-7-23(21)24/h4-5,7-12,15H,3,6,13-14,16-18H2,1-2H3,(H,34,42)(H,36,40)(H,37,39). The first kappa shape index (κ1) is 32.0. The van der Waals surface area contributed by atoms with Gasteiger partial charge in [0.25, 0.3) is 11.8 Å². The largest absolute Gasteiger partial charge is 0.493 e. The maximum absolute atomic E-state index is 13.3. The van der Waals surface area contributed by atoms with Crippen molar-refractivity contribution in [2.45, 2.75) is 51.4 Å². The van der Waals surface area contributed by atoms with E-state index in [1.165, 1.54) is 22.5 Å². The Hall–Kier alpha value is -4.88. The molecule has 4 rings (SSSR count). The number of pyridine rings is 1. The van der Waals surface area contributed by atoms with Crippen LogP contribution in [0.1, 0.15) is 47.8 Å². The molecule has 1 saturated heterocycles. The van der Waals surface area contributed by atoms with Crippen LogP contribution in [0.2, 0.25) is 0 Å². The van der Waals surface area contributed by atoms with Gasteiger partial charge in [0.05, 0.1) is 17.5 Å². The fourth-order valence-corrected chi connectivity index (χ4v) is 5.05. The van der Waals surface area contributed by atoms with E-state index < -0.39 is 42.0 Å². The van der Waals surface area contributed by atoms with Gasteiger partial charge in [-0.3, -0.25) is 14.6 Å². The number of rotatable bonds is 8. The predicted molar refractivity (Wildman–Crippen MR) is 152 cm³/mol. The number of aryl methyl sites for hydroxylation is 1. The van der Waals surface area contributed by atoms with Gasteiger partial charge in [-0.15, -0.1) is 0 Å². The summed E-state index contributed by atoms with van der Waals surface area (Å²) in [6.07, 6.45) is -5.24. The summed E-state index contributed by atoms with van der Waals surface area (Å²) in [7, 11) is 0. The Morgan fingerprint density at radius 3 is 2.50 bits per heavy atom. The van der Waals surface area contributed by atoms with Gasteiger partial charge in [-0.1, -0.05) is 18.2 Å². The molecule has 1 aromatic heterocycles. The minimum atomic E-state index is -5.31. The number of ether oxygens (including phenoxy) is 1. The normalized spacial score (nSPS) is 16.6. The number of benzene rings is 2. The van der Waals surface area contributed by atoms with Crippen molar-refractivity contribution in [3.05, 3.63) is 71.4 Å². The highest BCUT2D eigenvalue weighted by molar-refractivity contribution is 5.95. The number of fused-ring (bicyclic) bond motifs is 1. The highest BCUT2D eigenvalue weighted by Gasteiger charge is 2.43. The number of halogens is 3. The van der Waals surface area contributed by atoms with Crippen LogP contribution in [0.4, 0.5) is 18.0 Å². The minimum Gasteiger partial charge on any atom is -0.489 e. The number of nitrogens with one attached hydrogen (secondary N) is 3. The average Bonchev–Trinajstić information content (AvgIpc) is 2.98. The lowest BCUT2D eigenvalue weighted by molar-refractivity contribution is -0.207. The third kappa shape index (κ3) is 8.14. The predicted octanol–water partition coefficient (Wildman–Crippen LogP) is 3.94. The molecule has 0 aliphatic carbocycles. The molecular formula is C30H32F3N5O6. The maximum atomic E-state index is 13.3. The molecule has 2 aromatic carbocycles. The van der Waals surface area contributed by atoms with E-state index in [-0.39, 0.29) is 25.1 Å². The summed E-state index contributed by atoms with van der Waals surface area (Å²) < 4.78 is 43.5. The number of aromatic nitrogens is 1. The summed E-state index contributed by atoms with van der Waals surface area (Å²) in [4.78, 5) is 59.3. The summed E-state index contributed by atoms with van der Waals surface area (Å²) in [5.41, 5.74) is 3.01. The molecule has 2 heterocycles. The molecule has 0 radical (unpaired) electrons. The molecule has 0 spiro atoms. The van der Waals surface area contributed by atoms with Gasteiger partial charge in [0.2, 0.25) is 0 Å². The quantitative estimate of drug-likeness (QED) is 0.326. The number of amides is 4. The van der Waals surface area contributed by atoms with Gasteiger partial charge in [-0.2, -0.15) is 18.7 Å². The second-order valence-electron chi connectivity index (χ2n) is 10.4. The Bertz CT molecular complexity index is 1530. The molecule has 3 N–H and O–H groups in total. The third-order valence-corrected chi connectivity index (χ3v) is 7.00. The molecule has 4 amide bonds. The fraction of sp³-hybridized carbons (Fsp3) is 0.367. The van der Waals surface area contributed by atoms with Gasteiger partial charge in [-0.25, -0.2) is 9.59 Å². The molecule has 1 atom stereocenters. The van der Waals surface area contributed by atoms with E-state index in [2.05, 4.69) is 20.5 Å². The second-order valence-corrected chi connectivity index (χ2v) is 10.4. The number of carbonyl (C=O) groups is 4. The van der Waals surface area contributed by atoms with E-state index in [4.69, 9.17) is 4.74 Å². The fourth-order valence-electron chi connectivity index (χ4n) is 5.05. The number of urea groups is 1. The van der Waals surface area contributed by atoms with Gasteiger partial charge >= 0.3 is 18.2 Å². The summed E-state index contributed by atoms with van der Waals surface area (Å²) in [5, 5.41) is 6.41. The molecule has 3 aromatic rings. The van der Waals surface area contributed by atoms with Crippen LogP contribution in [0.3, 0.4) is 0 Å². The first-order valence-electron chi connectivity index (χ1n) is 13.9. The van der Waals surface area contributed by atoms with Crippen LogP contribution in [-0.2, 0) is 21.0 Å². The molecule has 1 unspecified atom stereocenters. The van der Waals surface area contributed by atoms with Crippen molar-refractivity contribution in [1.82, 2.24) is 26.0 Å². The molecule has 0 saturated carbocycles. The Kier molecular flexibility index (Phi) is 9.91. The van der Waals surface area contributed by atoms with Crippen LogP contribution in [0.5, 0.6) is 5.75 Å². The van der Waals surface area contributed by atoms with E-state index in [1.54, 1.807) is 19.1 Å². The average molecular weight is 616 g/mol. The number of para-hydroxylation sites is 1. The Labute approximate surface area is 251 Å². The van der Waals surface area contributed by atoms with E-state index in [9.17, 15) is 32.3 Å². The van der Waals surface area contributed by atoms with Gasteiger partial charge in [0, 0.05) is 41.8 Å². The SMILES string of the molecule is CCNC(=O)N1CCCC(CC(=O)NOC(=O)C(F)(F)F)(NC(=O)c2ccc(OCc3cc(C)nc4ccccc34)cc2)C1. The number of likely N-dealkylation sites (tertiary alicyclic amines) is 1. The Balaban J connectivity index is 1.46. The van der Waals surface area contributed by atoms with Crippen molar-refractivity contribution in [2.24, 2.45) is 0 Å². The van der Waals surface area contributed by atoms with Gasteiger partial charge in [0.15, 0.2) is 0 Å². The highest BCUT2D eigenvalue weighted by Crippen LogP contribution is 2.27. The van der Waals surface area contributed by atoms with Crippen LogP contribution in [0, 0.1) is 6.92 Å². The number of hydrogen-bond acceptors (Lipinski definition) is 7. The van der Waals surface area contributed by atoms with Crippen molar-refractivity contribution in [2.75, 3.05) is 19.6 Å². The summed E-state index contributed by atoms with van der Waals surface area (Å²) in [6.45, 7) is 4.47. The summed E-state index contributed by atoms with van der Waals surface area (Å²) in [5.74, 6) is -3.75. The molecule has 1 fully saturated rings. The first-order valence-corrected chi connectivity index (χ1v) is 13.9. The van der Waals surface area contributed by atoms with Crippen molar-refractivity contribution < 1.29 is 41.9 Å². The maximum Gasteiger partial charge on any atom is 0.493 e. The molecule has 1 aliphatic heterocycles. The number of piperidine rings is 1. The van der Waals surface area contributed by atoms with E-state index in [0.29, 0.717) is 25.3 Å². The minimum absolute atomic E-state index is 0.105. The number of nitrogens with zero attached hydrogens (tertiary/aromatic N) is 2. The van der Waals surface area contributed by atoms with Gasteiger partial charge < -0.3 is 25.1 Å². The van der Waals surface area contributed by atoms with Crippen LogP contribution in [0.15, 0.2) is 54.6 Å². The number of hydrogen-bond donors (Lipinski definition) is 3. The molecule has 1 aliphatic rings. The second kappa shape index (κ2) is 13.6. The lowest BCUT2D eigenvalue weighted by Crippen LogP contribution is -2.62. The monoisotopic (exact) mass is 615 g/mol. The third-order valence-electron chi connectivity index (χ3n) is 7.00. The lowest BCUT2D eigenvalue weighted by atomic mass is 9.85. The number of hydroxylamine groups is 1. The van der Waals surface area contributed by atoms with E-state index >= 15 is 0 Å². The van der Waals surface area contributed by atoms with Gasteiger partial charge in [-0.05, 0) is 63.1 Å². The zero-order valence-corrected chi connectivity index (χ0v) is 24.1. The lowest BCUT2D eigenvalue weighted by Gasteiger charge is -2.43. The molecule has 11 nitrogen and oxygen atoms in total. The molecule has 234 valence electrons. The van der Waals surface area contributed by atoms with Crippen molar-refractivity contribution in [1.29, 1.82) is 0 Å². The number of carbonyl (C=O) groups excluding carboxylic acids is 4.